The van der Waals surface area contributed by atoms with Crippen LogP contribution in [0.15, 0.2) is 0 Å². The van der Waals surface area contributed by atoms with Crippen LogP contribution in [0, 0.1) is 11.5 Å². The number of nitrogens with zero attached hydrogens (tertiary/aromatic N) is 1. The van der Waals surface area contributed by atoms with E-state index in [1.165, 1.54) is 0 Å². The number of aliphatic hydroxyl groups excluding tert-OH is 1. The van der Waals surface area contributed by atoms with Crippen LogP contribution in [0.5, 0.6) is 0 Å². The average Bonchev–Trinajstić information content (AvgIpc) is 1.69. The first-order chi connectivity index (χ1) is 4.06. The normalized spacial score (nSPS) is 7.40. The smallest absolute Gasteiger partial charge is 1.00 e. The van der Waals surface area contributed by atoms with Crippen LogP contribution in [0.3, 0.4) is 0 Å². The van der Waals surface area contributed by atoms with Crippen molar-refractivity contribution in [2.24, 2.45) is 0 Å². The minimum atomic E-state index is -4.54. The fraction of sp³-hybridized carbons (Fsp3) is 0.500. The molecule has 0 heterocycles. The van der Waals surface area contributed by atoms with Crippen molar-refractivity contribution in [1.29, 1.82) is 5.26 Å². The molecule has 0 rings (SSSR count). The Bertz CT molecular complexity index is 185. The van der Waals surface area contributed by atoms with Crippen molar-refractivity contribution < 1.29 is 75.1 Å². The second-order valence-corrected chi connectivity index (χ2v) is 1.62. The van der Waals surface area contributed by atoms with Crippen molar-refractivity contribution in [2.45, 2.75) is 0 Å². The van der Waals surface area contributed by atoms with Crippen LogP contribution < -0.4 is 51.4 Å². The topological polar surface area (TPSA) is 108 Å². The molecule has 10 heavy (non-hydrogen) atoms. The Morgan fingerprint density at radius 2 is 1.90 bits per heavy atom. The summed E-state index contributed by atoms with van der Waals surface area (Å²) in [6.45, 7) is 0. The van der Waals surface area contributed by atoms with Gasteiger partial charge in [0, 0.05) is 7.11 Å². The van der Waals surface area contributed by atoms with Gasteiger partial charge in [0.25, 0.3) is 0 Å². The van der Waals surface area contributed by atoms with E-state index in [0.29, 0.717) is 0 Å². The van der Waals surface area contributed by atoms with Crippen LogP contribution >= 0.6 is 0 Å². The molecule has 0 aromatic rings. The molecule has 0 amide bonds. The maximum absolute atomic E-state index is 9.34. The summed E-state index contributed by atoms with van der Waals surface area (Å²) >= 11 is 0. The van der Waals surface area contributed by atoms with Crippen molar-refractivity contribution >= 4 is 10.4 Å². The van der Waals surface area contributed by atoms with Crippen molar-refractivity contribution in [1.82, 2.24) is 0 Å². The summed E-state index contributed by atoms with van der Waals surface area (Å²) < 4.78 is 29.3. The monoisotopic (exact) mass is 195 g/mol. The fourth-order valence-electron chi connectivity index (χ4n) is 0.0471. The van der Waals surface area contributed by atoms with E-state index in [2.05, 4.69) is 4.18 Å². The van der Waals surface area contributed by atoms with Crippen molar-refractivity contribution in [2.75, 3.05) is 7.11 Å². The molecule has 0 atom stereocenters. The molecule has 0 radical (unpaired) electrons. The van der Waals surface area contributed by atoms with E-state index in [1.54, 1.807) is 0 Å². The zero-order valence-corrected chi connectivity index (χ0v) is 9.41. The van der Waals surface area contributed by atoms with E-state index < -0.39 is 10.4 Å². The maximum Gasteiger partial charge on any atom is 1.00 e. The number of hydrogen-bond acceptors (Lipinski definition) is 5. The van der Waals surface area contributed by atoms with Gasteiger partial charge in [-0.3, -0.25) is 8.74 Å². The molecule has 0 aliphatic heterocycles. The summed E-state index contributed by atoms with van der Waals surface area (Å²) in [7, 11) is -3.54. The standard InChI is InChI=1S/CHNO4S.CH4O.K.H/c2-1-6-7(3,4)5;1-2;;/h(H,3,4,5);2H,1H3;;/q;;+1;-1. The van der Waals surface area contributed by atoms with E-state index >= 15 is 0 Å². The Morgan fingerprint density at radius 3 is 1.90 bits per heavy atom. The van der Waals surface area contributed by atoms with Crippen molar-refractivity contribution in [3.63, 3.8) is 0 Å². The second-order valence-electron chi connectivity index (χ2n) is 0.602. The van der Waals surface area contributed by atoms with Gasteiger partial charge in [0.05, 0.1) is 0 Å². The van der Waals surface area contributed by atoms with Gasteiger partial charge in [0.15, 0.2) is 0 Å². The van der Waals surface area contributed by atoms with Crippen LogP contribution in [0.25, 0.3) is 0 Å². The van der Waals surface area contributed by atoms with Gasteiger partial charge in [-0.25, -0.2) is 0 Å². The molecular weight excluding hydrogens is 189 g/mol. The fourth-order valence-corrected chi connectivity index (χ4v) is 0.141. The summed E-state index contributed by atoms with van der Waals surface area (Å²) in [5, 5.41) is 14.4. The van der Waals surface area contributed by atoms with Gasteiger partial charge in [-0.1, -0.05) is 0 Å². The zero-order valence-electron chi connectivity index (χ0n) is 6.47. The van der Waals surface area contributed by atoms with Gasteiger partial charge in [0.1, 0.15) is 0 Å². The first-order valence-corrected chi connectivity index (χ1v) is 2.92. The number of nitriles is 1. The molecule has 0 aromatic carbocycles. The van der Waals surface area contributed by atoms with Crippen LogP contribution in [0.2, 0.25) is 0 Å². The molecule has 0 saturated carbocycles. The first-order valence-electron chi connectivity index (χ1n) is 1.56. The van der Waals surface area contributed by atoms with E-state index in [0.717, 1.165) is 13.4 Å². The van der Waals surface area contributed by atoms with Crippen LogP contribution in [-0.2, 0) is 14.6 Å². The molecule has 0 fully saturated rings. The molecule has 0 aliphatic carbocycles. The Balaban J connectivity index is -0.0000000564. The Labute approximate surface area is 103 Å². The first kappa shape index (κ1) is 17.0. The van der Waals surface area contributed by atoms with E-state index in [-0.39, 0.29) is 52.8 Å². The predicted octanol–water partition coefficient (Wildman–Crippen LogP) is -3.99. The van der Waals surface area contributed by atoms with Gasteiger partial charge in [-0.05, 0) is 0 Å². The maximum atomic E-state index is 9.34. The van der Waals surface area contributed by atoms with Gasteiger partial charge < -0.3 is 6.53 Å². The Hall–Kier alpha value is 0.796. The minimum Gasteiger partial charge on any atom is -1.00 e. The summed E-state index contributed by atoms with van der Waals surface area (Å²) in [5.74, 6) is 0. The molecule has 2 N–H and O–H groups in total. The third-order valence-electron chi connectivity index (χ3n) is 0.143. The Morgan fingerprint density at radius 1 is 1.60 bits per heavy atom. The quantitative estimate of drug-likeness (QED) is 0.251. The van der Waals surface area contributed by atoms with Crippen LogP contribution in [0.1, 0.15) is 1.43 Å². The van der Waals surface area contributed by atoms with Crippen molar-refractivity contribution in [3.8, 4) is 6.26 Å². The molecular formula is C2H6KNO5S. The SMILES string of the molecule is CO.N#COS(=O)(=O)O.[H-].[K+]. The number of rotatable bonds is 1. The van der Waals surface area contributed by atoms with E-state index in [9.17, 15) is 8.42 Å². The second kappa shape index (κ2) is 9.80. The van der Waals surface area contributed by atoms with Crippen LogP contribution in [-0.4, -0.2) is 25.2 Å². The molecule has 6 nitrogen and oxygen atoms in total. The van der Waals surface area contributed by atoms with E-state index in [4.69, 9.17) is 14.9 Å². The van der Waals surface area contributed by atoms with Gasteiger partial charge in [-0.15, -0.1) is 5.26 Å². The van der Waals surface area contributed by atoms with E-state index in [1.807, 2.05) is 0 Å². The summed E-state index contributed by atoms with van der Waals surface area (Å²) in [4.78, 5) is 0. The van der Waals surface area contributed by atoms with Crippen molar-refractivity contribution in [3.05, 3.63) is 0 Å². The number of aliphatic hydroxyl groups is 1. The molecule has 0 aromatic heterocycles. The summed E-state index contributed by atoms with van der Waals surface area (Å²) in [5.41, 5.74) is 0. The molecule has 0 spiro atoms. The number of hydrogen-bond donors (Lipinski definition) is 2. The third kappa shape index (κ3) is 23.2. The molecule has 56 valence electrons. The third-order valence-corrected chi connectivity index (χ3v) is 0.428. The van der Waals surface area contributed by atoms with Gasteiger partial charge in [-0.2, -0.15) is 8.42 Å². The minimum absolute atomic E-state index is 0. The van der Waals surface area contributed by atoms with Gasteiger partial charge in [0.2, 0.25) is 0 Å². The molecule has 0 saturated heterocycles. The molecule has 0 unspecified atom stereocenters. The Kier molecular flexibility index (Phi) is 16.7. The van der Waals surface area contributed by atoms with Gasteiger partial charge >= 0.3 is 68.0 Å². The van der Waals surface area contributed by atoms with Crippen LogP contribution in [0.4, 0.5) is 0 Å². The largest absolute Gasteiger partial charge is 1.00 e. The molecule has 0 bridgehead atoms. The molecule has 0 aliphatic rings. The predicted molar refractivity (Wildman–Crippen MR) is 27.5 cm³/mol. The summed E-state index contributed by atoms with van der Waals surface area (Å²) in [6.07, 6.45) is 0.770. The average molecular weight is 195 g/mol. The molecule has 8 heteroatoms. The zero-order chi connectivity index (χ0) is 7.91. The summed E-state index contributed by atoms with van der Waals surface area (Å²) in [6, 6.07) is 0.